The Morgan fingerprint density at radius 1 is 1.65 bits per heavy atom. The number of carbonyl (C=O) groups is 1. The molecule has 0 saturated carbocycles. The molecular weight excluding hydrogens is 304 g/mol. The number of carbonyl (C=O) groups excluding carboxylic acids is 1. The standard InChI is InChI=1S/C10H11BrN4OS/c1-7-6-17-10(13-7)14-9(16)2-3-15-5-8(11)4-12-15/h4-6H,2-3H2,1H3,(H,13,14,16). The van der Waals surface area contributed by atoms with Gasteiger partial charge in [-0.2, -0.15) is 5.10 Å². The van der Waals surface area contributed by atoms with E-state index in [1.54, 1.807) is 10.9 Å². The minimum absolute atomic E-state index is 0.0500. The van der Waals surface area contributed by atoms with Crippen LogP contribution in [0.4, 0.5) is 5.13 Å². The molecule has 2 heterocycles. The van der Waals surface area contributed by atoms with Gasteiger partial charge >= 0.3 is 0 Å². The molecule has 1 amide bonds. The number of amides is 1. The monoisotopic (exact) mass is 314 g/mol. The van der Waals surface area contributed by atoms with Crippen LogP contribution < -0.4 is 5.32 Å². The summed E-state index contributed by atoms with van der Waals surface area (Å²) >= 11 is 4.73. The number of hydrogen-bond acceptors (Lipinski definition) is 4. The lowest BCUT2D eigenvalue weighted by Gasteiger charge is -2.01. The topological polar surface area (TPSA) is 59.8 Å². The molecule has 0 saturated heterocycles. The van der Waals surface area contributed by atoms with Gasteiger partial charge < -0.3 is 5.32 Å². The van der Waals surface area contributed by atoms with Gasteiger partial charge in [-0.1, -0.05) is 0 Å². The lowest BCUT2D eigenvalue weighted by Crippen LogP contribution is -2.14. The Balaban J connectivity index is 1.82. The molecule has 0 aliphatic rings. The molecule has 0 aromatic carbocycles. The Hall–Kier alpha value is -1.21. The molecule has 0 aliphatic carbocycles. The molecule has 5 nitrogen and oxygen atoms in total. The Kier molecular flexibility index (Phi) is 3.90. The van der Waals surface area contributed by atoms with E-state index in [1.165, 1.54) is 11.3 Å². The molecule has 17 heavy (non-hydrogen) atoms. The number of halogens is 1. The molecule has 0 bridgehead atoms. The second-order valence-electron chi connectivity index (χ2n) is 3.51. The smallest absolute Gasteiger partial charge is 0.228 e. The van der Waals surface area contributed by atoms with Crippen molar-refractivity contribution in [2.24, 2.45) is 0 Å². The fraction of sp³-hybridized carbons (Fsp3) is 0.300. The molecule has 2 aromatic heterocycles. The van der Waals surface area contributed by atoms with Crippen LogP contribution in [-0.4, -0.2) is 20.7 Å². The molecule has 0 spiro atoms. The van der Waals surface area contributed by atoms with E-state index in [2.05, 4.69) is 31.3 Å². The van der Waals surface area contributed by atoms with Crippen LogP contribution in [0.1, 0.15) is 12.1 Å². The van der Waals surface area contributed by atoms with E-state index in [0.717, 1.165) is 10.2 Å². The summed E-state index contributed by atoms with van der Waals surface area (Å²) in [6.07, 6.45) is 3.91. The van der Waals surface area contributed by atoms with Gasteiger partial charge in [-0.25, -0.2) is 4.98 Å². The molecule has 0 aliphatic heterocycles. The first-order valence-corrected chi connectivity index (χ1v) is 6.71. The summed E-state index contributed by atoms with van der Waals surface area (Å²) in [6, 6.07) is 0. The van der Waals surface area contributed by atoms with Crippen molar-refractivity contribution in [2.45, 2.75) is 19.9 Å². The highest BCUT2D eigenvalue weighted by atomic mass is 79.9. The molecule has 0 atom stereocenters. The third kappa shape index (κ3) is 3.64. The van der Waals surface area contributed by atoms with Crippen molar-refractivity contribution >= 4 is 38.3 Å². The lowest BCUT2D eigenvalue weighted by atomic mass is 10.4. The van der Waals surface area contributed by atoms with Crippen molar-refractivity contribution < 1.29 is 4.79 Å². The number of aryl methyl sites for hydroxylation is 2. The van der Waals surface area contributed by atoms with Crippen molar-refractivity contribution in [2.75, 3.05) is 5.32 Å². The van der Waals surface area contributed by atoms with Gasteiger partial charge in [0.05, 0.1) is 16.4 Å². The van der Waals surface area contributed by atoms with Crippen molar-refractivity contribution in [3.05, 3.63) is 27.9 Å². The molecule has 0 radical (unpaired) electrons. The normalized spacial score (nSPS) is 10.5. The predicted octanol–water partition coefficient (Wildman–Crippen LogP) is 2.44. The molecule has 2 aromatic rings. The second-order valence-corrected chi connectivity index (χ2v) is 5.29. The summed E-state index contributed by atoms with van der Waals surface area (Å²) in [7, 11) is 0. The van der Waals surface area contributed by atoms with Crippen LogP contribution in [0.2, 0.25) is 0 Å². The van der Waals surface area contributed by atoms with E-state index in [4.69, 9.17) is 0 Å². The Bertz CT molecular complexity index is 522. The molecule has 0 unspecified atom stereocenters. The Morgan fingerprint density at radius 2 is 2.47 bits per heavy atom. The van der Waals surface area contributed by atoms with Crippen molar-refractivity contribution in [1.29, 1.82) is 0 Å². The minimum atomic E-state index is -0.0500. The van der Waals surface area contributed by atoms with Gasteiger partial charge in [0.2, 0.25) is 5.91 Å². The van der Waals surface area contributed by atoms with Gasteiger partial charge in [-0.15, -0.1) is 11.3 Å². The third-order valence-electron chi connectivity index (χ3n) is 2.04. The predicted molar refractivity (Wildman–Crippen MR) is 70.0 cm³/mol. The van der Waals surface area contributed by atoms with Crippen LogP contribution in [0.3, 0.4) is 0 Å². The maximum absolute atomic E-state index is 11.6. The number of aromatic nitrogens is 3. The van der Waals surface area contributed by atoms with Crippen LogP contribution in [0, 0.1) is 6.92 Å². The molecular formula is C10H11BrN4OS. The molecule has 0 fully saturated rings. The molecule has 90 valence electrons. The number of anilines is 1. The summed E-state index contributed by atoms with van der Waals surface area (Å²) in [5.74, 6) is -0.0500. The highest BCUT2D eigenvalue weighted by Crippen LogP contribution is 2.14. The van der Waals surface area contributed by atoms with E-state index in [1.807, 2.05) is 18.5 Å². The van der Waals surface area contributed by atoms with Crippen LogP contribution in [0.15, 0.2) is 22.2 Å². The molecule has 1 N–H and O–H groups in total. The van der Waals surface area contributed by atoms with Gasteiger partial charge in [0.15, 0.2) is 5.13 Å². The fourth-order valence-electron chi connectivity index (χ4n) is 1.27. The maximum Gasteiger partial charge on any atom is 0.228 e. The quantitative estimate of drug-likeness (QED) is 0.943. The first-order valence-electron chi connectivity index (χ1n) is 5.03. The summed E-state index contributed by atoms with van der Waals surface area (Å²) < 4.78 is 2.63. The van der Waals surface area contributed by atoms with Crippen molar-refractivity contribution in [3.63, 3.8) is 0 Å². The number of nitrogens with zero attached hydrogens (tertiary/aromatic N) is 3. The van der Waals surface area contributed by atoms with Crippen LogP contribution >= 0.6 is 27.3 Å². The average molecular weight is 315 g/mol. The Labute approximate surface area is 111 Å². The molecule has 7 heteroatoms. The van der Waals surface area contributed by atoms with Crippen molar-refractivity contribution in [1.82, 2.24) is 14.8 Å². The number of hydrogen-bond donors (Lipinski definition) is 1. The summed E-state index contributed by atoms with van der Waals surface area (Å²) in [4.78, 5) is 15.8. The fourth-order valence-corrected chi connectivity index (χ4v) is 2.30. The second kappa shape index (κ2) is 5.42. The van der Waals surface area contributed by atoms with Crippen LogP contribution in [0.5, 0.6) is 0 Å². The van der Waals surface area contributed by atoms with E-state index in [0.29, 0.717) is 18.1 Å². The van der Waals surface area contributed by atoms with Crippen LogP contribution in [-0.2, 0) is 11.3 Å². The SMILES string of the molecule is Cc1csc(NC(=O)CCn2cc(Br)cn2)n1. The average Bonchev–Trinajstić information content (AvgIpc) is 2.85. The van der Waals surface area contributed by atoms with E-state index < -0.39 is 0 Å². The summed E-state index contributed by atoms with van der Waals surface area (Å²) in [5.41, 5.74) is 0.918. The van der Waals surface area contributed by atoms with Gasteiger partial charge in [0, 0.05) is 24.5 Å². The van der Waals surface area contributed by atoms with E-state index in [-0.39, 0.29) is 5.91 Å². The van der Waals surface area contributed by atoms with Gasteiger partial charge in [-0.05, 0) is 22.9 Å². The maximum atomic E-state index is 11.6. The first kappa shape index (κ1) is 12.3. The van der Waals surface area contributed by atoms with E-state index >= 15 is 0 Å². The number of rotatable bonds is 4. The zero-order chi connectivity index (χ0) is 12.3. The first-order chi connectivity index (χ1) is 8.13. The number of nitrogens with one attached hydrogen (secondary N) is 1. The third-order valence-corrected chi connectivity index (χ3v) is 3.32. The zero-order valence-electron chi connectivity index (χ0n) is 9.18. The highest BCUT2D eigenvalue weighted by Gasteiger charge is 2.05. The van der Waals surface area contributed by atoms with E-state index in [9.17, 15) is 4.79 Å². The largest absolute Gasteiger partial charge is 0.302 e. The van der Waals surface area contributed by atoms with Gasteiger partial charge in [-0.3, -0.25) is 9.48 Å². The van der Waals surface area contributed by atoms with Crippen LogP contribution in [0.25, 0.3) is 0 Å². The summed E-state index contributed by atoms with van der Waals surface area (Å²) in [6.45, 7) is 2.45. The van der Waals surface area contributed by atoms with Gasteiger partial charge in [0.25, 0.3) is 0 Å². The zero-order valence-corrected chi connectivity index (χ0v) is 11.6. The van der Waals surface area contributed by atoms with Gasteiger partial charge in [0.1, 0.15) is 0 Å². The number of thiazole rings is 1. The molecule has 2 rings (SSSR count). The Morgan fingerprint density at radius 3 is 3.06 bits per heavy atom. The lowest BCUT2D eigenvalue weighted by molar-refractivity contribution is -0.116. The highest BCUT2D eigenvalue weighted by molar-refractivity contribution is 9.10. The minimum Gasteiger partial charge on any atom is -0.302 e. The summed E-state index contributed by atoms with van der Waals surface area (Å²) in [5, 5.41) is 9.38. The van der Waals surface area contributed by atoms with Crippen molar-refractivity contribution in [3.8, 4) is 0 Å².